The van der Waals surface area contributed by atoms with Gasteiger partial charge in [0.25, 0.3) is 0 Å². The van der Waals surface area contributed by atoms with Crippen molar-refractivity contribution in [3.63, 3.8) is 0 Å². The number of nitrogens with zero attached hydrogens (tertiary/aromatic N) is 1. The predicted molar refractivity (Wildman–Crippen MR) is 110 cm³/mol. The average Bonchev–Trinajstić information content (AvgIpc) is 3.33. The molecule has 0 aliphatic heterocycles. The first-order valence-electron chi connectivity index (χ1n) is 8.97. The summed E-state index contributed by atoms with van der Waals surface area (Å²) in [6.07, 6.45) is 3.93. The van der Waals surface area contributed by atoms with Gasteiger partial charge in [-0.1, -0.05) is 13.8 Å². The largest absolute Gasteiger partial charge is 0.396 e. The summed E-state index contributed by atoms with van der Waals surface area (Å²) in [5.41, 5.74) is 0. The van der Waals surface area contributed by atoms with Gasteiger partial charge in [-0.15, -0.1) is 24.0 Å². The molecule has 0 heterocycles. The van der Waals surface area contributed by atoms with E-state index in [1.54, 1.807) is 0 Å². The Hall–Kier alpha value is -0.570. The molecule has 24 heavy (non-hydrogen) atoms. The van der Waals surface area contributed by atoms with Crippen LogP contribution in [0.15, 0.2) is 4.99 Å². The van der Waals surface area contributed by atoms with Crippen molar-refractivity contribution in [2.75, 3.05) is 32.8 Å². The highest BCUT2D eigenvalue weighted by molar-refractivity contribution is 14.0. The SMILES string of the molecule is CCNC(=NCC(CCO)CC(C)C)NCCNC(=O)C1CC1.I. The predicted octanol–water partition coefficient (Wildman–Crippen LogP) is 1.73. The van der Waals surface area contributed by atoms with E-state index in [2.05, 4.69) is 34.8 Å². The maximum atomic E-state index is 11.6. The fourth-order valence-electron chi connectivity index (χ4n) is 2.55. The molecule has 6 nitrogen and oxygen atoms in total. The summed E-state index contributed by atoms with van der Waals surface area (Å²) in [5, 5.41) is 18.6. The van der Waals surface area contributed by atoms with Crippen LogP contribution in [0.25, 0.3) is 0 Å². The van der Waals surface area contributed by atoms with E-state index in [4.69, 9.17) is 0 Å². The Bertz CT molecular complexity index is 374. The van der Waals surface area contributed by atoms with Gasteiger partial charge in [0, 0.05) is 38.7 Å². The summed E-state index contributed by atoms with van der Waals surface area (Å²) >= 11 is 0. The number of aliphatic hydroxyl groups excluding tert-OH is 1. The topological polar surface area (TPSA) is 85.8 Å². The monoisotopic (exact) mass is 454 g/mol. The van der Waals surface area contributed by atoms with E-state index in [-0.39, 0.29) is 42.4 Å². The normalized spacial score (nSPS) is 15.6. The van der Waals surface area contributed by atoms with Crippen LogP contribution in [0, 0.1) is 17.8 Å². The Morgan fingerprint density at radius 2 is 1.88 bits per heavy atom. The molecule has 1 aliphatic rings. The molecule has 1 unspecified atom stereocenters. The van der Waals surface area contributed by atoms with Crippen LogP contribution in [0.3, 0.4) is 0 Å². The Morgan fingerprint density at radius 3 is 2.42 bits per heavy atom. The number of halogens is 1. The van der Waals surface area contributed by atoms with Crippen molar-refractivity contribution in [1.82, 2.24) is 16.0 Å². The van der Waals surface area contributed by atoms with Gasteiger partial charge in [0.15, 0.2) is 5.96 Å². The third-order valence-electron chi connectivity index (χ3n) is 3.86. The number of carbonyl (C=O) groups excluding carboxylic acids is 1. The summed E-state index contributed by atoms with van der Waals surface area (Å²) in [6.45, 7) is 9.43. The molecular formula is C17H35IN4O2. The number of aliphatic imine (C=N–C) groups is 1. The maximum absolute atomic E-state index is 11.6. The zero-order valence-electron chi connectivity index (χ0n) is 15.3. The van der Waals surface area contributed by atoms with Crippen LogP contribution in [-0.2, 0) is 4.79 Å². The number of guanidine groups is 1. The maximum Gasteiger partial charge on any atom is 0.223 e. The number of nitrogens with one attached hydrogen (secondary N) is 3. The molecule has 0 saturated heterocycles. The van der Waals surface area contributed by atoms with Crippen LogP contribution in [0.5, 0.6) is 0 Å². The lowest BCUT2D eigenvalue weighted by Gasteiger charge is -2.17. The Morgan fingerprint density at radius 1 is 1.21 bits per heavy atom. The standard InChI is InChI=1S/C17H34N4O2.HI/c1-4-18-17(20-9-8-19-16(23)15-5-6-15)21-12-14(7-10-22)11-13(2)3;/h13-15,22H,4-12H2,1-3H3,(H,19,23)(H2,18,20,21);1H. The first kappa shape index (κ1) is 23.4. The van der Waals surface area contributed by atoms with Crippen LogP contribution in [-0.4, -0.2) is 49.8 Å². The van der Waals surface area contributed by atoms with Gasteiger partial charge >= 0.3 is 0 Å². The van der Waals surface area contributed by atoms with E-state index in [0.29, 0.717) is 31.5 Å². The minimum absolute atomic E-state index is 0. The van der Waals surface area contributed by atoms with Gasteiger partial charge in [-0.3, -0.25) is 9.79 Å². The molecule has 1 fully saturated rings. The zero-order chi connectivity index (χ0) is 17.1. The highest BCUT2D eigenvalue weighted by atomic mass is 127. The summed E-state index contributed by atoms with van der Waals surface area (Å²) in [5.74, 6) is 2.22. The van der Waals surface area contributed by atoms with E-state index in [0.717, 1.165) is 38.2 Å². The van der Waals surface area contributed by atoms with Crippen molar-refractivity contribution >= 4 is 35.8 Å². The lowest BCUT2D eigenvalue weighted by Crippen LogP contribution is -2.42. The molecule has 1 amide bonds. The molecule has 142 valence electrons. The van der Waals surface area contributed by atoms with Gasteiger partial charge < -0.3 is 21.1 Å². The van der Waals surface area contributed by atoms with E-state index >= 15 is 0 Å². The van der Waals surface area contributed by atoms with Gasteiger partial charge in [0.1, 0.15) is 0 Å². The smallest absolute Gasteiger partial charge is 0.223 e. The van der Waals surface area contributed by atoms with Gasteiger partial charge in [0.2, 0.25) is 5.91 Å². The second-order valence-electron chi connectivity index (χ2n) is 6.72. The number of hydrogen-bond acceptors (Lipinski definition) is 3. The molecule has 1 saturated carbocycles. The Balaban J connectivity index is 0.00000529. The van der Waals surface area contributed by atoms with Crippen molar-refractivity contribution < 1.29 is 9.90 Å². The molecule has 4 N–H and O–H groups in total. The van der Waals surface area contributed by atoms with E-state index in [1.165, 1.54) is 0 Å². The molecule has 1 aliphatic carbocycles. The lowest BCUT2D eigenvalue weighted by atomic mass is 9.94. The van der Waals surface area contributed by atoms with Gasteiger partial charge in [-0.05, 0) is 44.4 Å². The van der Waals surface area contributed by atoms with E-state index in [1.807, 2.05) is 6.92 Å². The Labute approximate surface area is 163 Å². The van der Waals surface area contributed by atoms with Crippen molar-refractivity contribution in [2.45, 2.75) is 46.5 Å². The molecule has 0 bridgehead atoms. The first-order valence-corrected chi connectivity index (χ1v) is 8.97. The van der Waals surface area contributed by atoms with E-state index in [9.17, 15) is 9.90 Å². The second kappa shape index (κ2) is 13.7. The quantitative estimate of drug-likeness (QED) is 0.166. The van der Waals surface area contributed by atoms with E-state index < -0.39 is 0 Å². The Kier molecular flexibility index (Phi) is 13.4. The highest BCUT2D eigenvalue weighted by Crippen LogP contribution is 2.28. The number of hydrogen-bond donors (Lipinski definition) is 4. The summed E-state index contributed by atoms with van der Waals surface area (Å²) in [4.78, 5) is 16.2. The van der Waals surface area contributed by atoms with Crippen molar-refractivity contribution in [1.29, 1.82) is 0 Å². The zero-order valence-corrected chi connectivity index (χ0v) is 17.6. The van der Waals surface area contributed by atoms with Crippen LogP contribution < -0.4 is 16.0 Å². The fraction of sp³-hybridized carbons (Fsp3) is 0.882. The second-order valence-corrected chi connectivity index (χ2v) is 6.72. The van der Waals surface area contributed by atoms with Crippen LogP contribution in [0.1, 0.15) is 46.5 Å². The molecule has 0 radical (unpaired) electrons. The van der Waals surface area contributed by atoms with Gasteiger partial charge in [-0.2, -0.15) is 0 Å². The van der Waals surface area contributed by atoms with Crippen LogP contribution >= 0.6 is 24.0 Å². The van der Waals surface area contributed by atoms with Gasteiger partial charge in [0.05, 0.1) is 0 Å². The third kappa shape index (κ3) is 11.1. The van der Waals surface area contributed by atoms with Gasteiger partial charge in [-0.25, -0.2) is 0 Å². The average molecular weight is 454 g/mol. The number of aliphatic hydroxyl groups is 1. The molecule has 7 heteroatoms. The van der Waals surface area contributed by atoms with Crippen molar-refractivity contribution in [3.05, 3.63) is 0 Å². The molecule has 0 spiro atoms. The summed E-state index contributed by atoms with van der Waals surface area (Å²) < 4.78 is 0. The molecule has 1 atom stereocenters. The minimum atomic E-state index is 0. The number of amides is 1. The first-order chi connectivity index (χ1) is 11.1. The number of carbonyl (C=O) groups is 1. The van der Waals surface area contributed by atoms with Crippen LogP contribution in [0.4, 0.5) is 0 Å². The minimum Gasteiger partial charge on any atom is -0.396 e. The lowest BCUT2D eigenvalue weighted by molar-refractivity contribution is -0.122. The van der Waals surface area contributed by atoms with Crippen molar-refractivity contribution in [3.8, 4) is 0 Å². The molecule has 0 aromatic heterocycles. The fourth-order valence-corrected chi connectivity index (χ4v) is 2.55. The van der Waals surface area contributed by atoms with Crippen molar-refractivity contribution in [2.24, 2.45) is 22.7 Å². The molecular weight excluding hydrogens is 419 g/mol. The van der Waals surface area contributed by atoms with Crippen LogP contribution in [0.2, 0.25) is 0 Å². The summed E-state index contributed by atoms with van der Waals surface area (Å²) in [6, 6.07) is 0. The third-order valence-corrected chi connectivity index (χ3v) is 3.86. The molecule has 1 rings (SSSR count). The molecule has 0 aromatic rings. The summed E-state index contributed by atoms with van der Waals surface area (Å²) in [7, 11) is 0. The number of rotatable bonds is 11. The highest BCUT2D eigenvalue weighted by Gasteiger charge is 2.28. The molecule has 0 aromatic carbocycles.